The van der Waals surface area contributed by atoms with E-state index in [0.717, 1.165) is 11.1 Å². The fourth-order valence-electron chi connectivity index (χ4n) is 4.19. The molecule has 2 heterocycles. The summed E-state index contributed by atoms with van der Waals surface area (Å²) < 4.78 is 12.8. The summed E-state index contributed by atoms with van der Waals surface area (Å²) in [5, 5.41) is 29.1. The van der Waals surface area contributed by atoms with E-state index >= 15 is 0 Å². The van der Waals surface area contributed by atoms with Crippen LogP contribution in [0.15, 0.2) is 64.8 Å². The Labute approximate surface area is 196 Å². The van der Waals surface area contributed by atoms with Crippen LogP contribution in [0.2, 0.25) is 0 Å². The lowest BCUT2D eigenvalue weighted by Gasteiger charge is -2.27. The van der Waals surface area contributed by atoms with E-state index in [9.17, 15) is 20.3 Å². The molecule has 4 N–H and O–H groups in total. The van der Waals surface area contributed by atoms with Crippen LogP contribution in [0, 0.1) is 18.3 Å². The second kappa shape index (κ2) is 9.24. The van der Waals surface area contributed by atoms with E-state index in [1.54, 1.807) is 35.8 Å². The number of aromatic nitrogens is 1. The zero-order valence-electron chi connectivity index (χ0n) is 18.9. The second-order valence-electron chi connectivity index (χ2n) is 8.02. The standard InChI is InChI=1S/C26H25N3O5/c1-3-33-18-7-5-17(6-8-18)23-19(14-27)25(28)34-22-12-15(2)29(26(32)24(22)23)11-10-16-4-9-20(30)21(31)13-16/h4-9,12-13,23,30-31H,3,10-11,28H2,1-2H3/t23-/m0/s1. The number of fused-ring (bicyclic) bond motifs is 1. The molecule has 0 radical (unpaired) electrons. The number of nitriles is 1. The number of ether oxygens (including phenoxy) is 2. The highest BCUT2D eigenvalue weighted by Crippen LogP contribution is 2.40. The molecule has 1 aliphatic heterocycles. The van der Waals surface area contributed by atoms with E-state index < -0.39 is 5.92 Å². The number of benzene rings is 2. The molecule has 1 aromatic heterocycles. The van der Waals surface area contributed by atoms with Gasteiger partial charge in [-0.25, -0.2) is 0 Å². The normalized spacial score (nSPS) is 14.8. The molecule has 34 heavy (non-hydrogen) atoms. The summed E-state index contributed by atoms with van der Waals surface area (Å²) in [6.07, 6.45) is 0.449. The van der Waals surface area contributed by atoms with Gasteiger partial charge in [-0.3, -0.25) is 4.79 Å². The fraction of sp³-hybridized carbons (Fsp3) is 0.231. The van der Waals surface area contributed by atoms with Crippen molar-refractivity contribution in [3.05, 3.63) is 92.7 Å². The first-order chi connectivity index (χ1) is 16.3. The minimum Gasteiger partial charge on any atom is -0.504 e. The smallest absolute Gasteiger partial charge is 0.258 e. The largest absolute Gasteiger partial charge is 0.504 e. The zero-order valence-corrected chi connectivity index (χ0v) is 18.9. The Balaban J connectivity index is 1.77. The number of allylic oxidation sites excluding steroid dienone is 1. The number of aromatic hydroxyl groups is 2. The Hall–Kier alpha value is -4.38. The van der Waals surface area contributed by atoms with Crippen molar-refractivity contribution < 1.29 is 19.7 Å². The number of phenolic OH excluding ortho intramolecular Hbond substituents is 2. The Bertz CT molecular complexity index is 1370. The summed E-state index contributed by atoms with van der Waals surface area (Å²) in [6, 6.07) is 15.7. The molecule has 0 spiro atoms. The molecule has 0 saturated carbocycles. The fourth-order valence-corrected chi connectivity index (χ4v) is 4.19. The molecule has 3 aromatic rings. The highest BCUT2D eigenvalue weighted by Gasteiger charge is 2.34. The van der Waals surface area contributed by atoms with Crippen LogP contribution in [0.5, 0.6) is 23.0 Å². The van der Waals surface area contributed by atoms with Gasteiger partial charge in [0.15, 0.2) is 11.5 Å². The second-order valence-corrected chi connectivity index (χ2v) is 8.02. The Morgan fingerprint density at radius 2 is 1.88 bits per heavy atom. The van der Waals surface area contributed by atoms with E-state index in [0.29, 0.717) is 42.3 Å². The molecular formula is C26H25N3O5. The number of aryl methyl sites for hydroxylation is 2. The van der Waals surface area contributed by atoms with Crippen molar-refractivity contribution in [3.8, 4) is 29.1 Å². The van der Waals surface area contributed by atoms with Crippen LogP contribution in [-0.2, 0) is 13.0 Å². The first-order valence-electron chi connectivity index (χ1n) is 10.9. The molecule has 0 bridgehead atoms. The van der Waals surface area contributed by atoms with Gasteiger partial charge in [-0.15, -0.1) is 0 Å². The van der Waals surface area contributed by atoms with Crippen molar-refractivity contribution in [2.45, 2.75) is 32.7 Å². The summed E-state index contributed by atoms with van der Waals surface area (Å²) in [5.74, 6) is -0.0970. The van der Waals surface area contributed by atoms with Crippen LogP contribution < -0.4 is 20.8 Å². The van der Waals surface area contributed by atoms with Gasteiger partial charge >= 0.3 is 0 Å². The summed E-state index contributed by atoms with van der Waals surface area (Å²) >= 11 is 0. The highest BCUT2D eigenvalue weighted by atomic mass is 16.5. The lowest BCUT2D eigenvalue weighted by molar-refractivity contribution is 0.340. The number of rotatable bonds is 6. The first kappa shape index (κ1) is 22.8. The zero-order chi connectivity index (χ0) is 24.4. The van der Waals surface area contributed by atoms with Gasteiger partial charge in [-0.2, -0.15) is 5.26 Å². The molecule has 0 saturated heterocycles. The van der Waals surface area contributed by atoms with E-state index in [2.05, 4.69) is 6.07 Å². The van der Waals surface area contributed by atoms with Crippen LogP contribution in [0.4, 0.5) is 0 Å². The molecule has 1 aliphatic rings. The summed E-state index contributed by atoms with van der Waals surface area (Å²) in [4.78, 5) is 13.7. The molecule has 2 aromatic carbocycles. The lowest BCUT2D eigenvalue weighted by atomic mass is 9.84. The van der Waals surface area contributed by atoms with Crippen molar-refractivity contribution in [2.75, 3.05) is 6.61 Å². The van der Waals surface area contributed by atoms with Crippen LogP contribution in [0.1, 0.15) is 35.2 Å². The van der Waals surface area contributed by atoms with E-state index in [1.165, 1.54) is 12.1 Å². The van der Waals surface area contributed by atoms with Crippen molar-refractivity contribution >= 4 is 0 Å². The van der Waals surface area contributed by atoms with Gasteiger partial charge in [0.2, 0.25) is 5.88 Å². The predicted molar refractivity (Wildman–Crippen MR) is 126 cm³/mol. The average Bonchev–Trinajstić information content (AvgIpc) is 2.81. The van der Waals surface area contributed by atoms with Crippen LogP contribution in [0.3, 0.4) is 0 Å². The van der Waals surface area contributed by atoms with Crippen molar-refractivity contribution in [1.82, 2.24) is 4.57 Å². The Morgan fingerprint density at radius 1 is 1.15 bits per heavy atom. The maximum absolute atomic E-state index is 13.7. The average molecular weight is 460 g/mol. The molecule has 0 aliphatic carbocycles. The minimum absolute atomic E-state index is 0.0231. The van der Waals surface area contributed by atoms with Gasteiger partial charge in [0, 0.05) is 18.3 Å². The third kappa shape index (κ3) is 4.16. The van der Waals surface area contributed by atoms with Crippen molar-refractivity contribution in [1.29, 1.82) is 5.26 Å². The lowest BCUT2D eigenvalue weighted by Crippen LogP contribution is -2.33. The molecule has 4 rings (SSSR count). The molecule has 0 amide bonds. The van der Waals surface area contributed by atoms with E-state index in [-0.39, 0.29) is 28.5 Å². The maximum atomic E-state index is 13.7. The van der Waals surface area contributed by atoms with Crippen molar-refractivity contribution in [2.24, 2.45) is 5.73 Å². The molecular weight excluding hydrogens is 434 g/mol. The topological polar surface area (TPSA) is 131 Å². The molecule has 1 atom stereocenters. The Kier molecular flexibility index (Phi) is 6.19. The van der Waals surface area contributed by atoms with Gasteiger partial charge in [0.1, 0.15) is 23.1 Å². The Morgan fingerprint density at radius 3 is 2.53 bits per heavy atom. The number of phenols is 2. The first-order valence-corrected chi connectivity index (χ1v) is 10.9. The molecule has 0 unspecified atom stereocenters. The van der Waals surface area contributed by atoms with Gasteiger partial charge in [0.25, 0.3) is 5.56 Å². The molecule has 8 heteroatoms. The van der Waals surface area contributed by atoms with E-state index in [1.807, 2.05) is 19.1 Å². The molecule has 174 valence electrons. The number of pyridine rings is 1. The van der Waals surface area contributed by atoms with Crippen molar-refractivity contribution in [3.63, 3.8) is 0 Å². The summed E-state index contributed by atoms with van der Waals surface area (Å²) in [6.45, 7) is 4.55. The van der Waals surface area contributed by atoms with E-state index in [4.69, 9.17) is 15.2 Å². The van der Waals surface area contributed by atoms with Gasteiger partial charge in [-0.1, -0.05) is 18.2 Å². The van der Waals surface area contributed by atoms with Crippen LogP contribution >= 0.6 is 0 Å². The highest BCUT2D eigenvalue weighted by molar-refractivity contribution is 5.55. The van der Waals surface area contributed by atoms with Gasteiger partial charge < -0.3 is 30.0 Å². The maximum Gasteiger partial charge on any atom is 0.258 e. The number of hydrogen-bond donors (Lipinski definition) is 3. The number of nitrogens with two attached hydrogens (primary N) is 1. The monoisotopic (exact) mass is 459 g/mol. The van der Waals surface area contributed by atoms with Crippen LogP contribution in [-0.4, -0.2) is 21.4 Å². The summed E-state index contributed by atoms with van der Waals surface area (Å²) in [5.41, 5.74) is 8.46. The summed E-state index contributed by atoms with van der Waals surface area (Å²) in [7, 11) is 0. The number of hydrogen-bond acceptors (Lipinski definition) is 7. The minimum atomic E-state index is -0.679. The third-order valence-electron chi connectivity index (χ3n) is 5.88. The number of nitrogens with zero attached hydrogens (tertiary/aromatic N) is 2. The third-order valence-corrected chi connectivity index (χ3v) is 5.88. The van der Waals surface area contributed by atoms with Gasteiger partial charge in [0.05, 0.1) is 18.1 Å². The van der Waals surface area contributed by atoms with Crippen LogP contribution in [0.25, 0.3) is 0 Å². The molecule has 0 fully saturated rings. The quantitative estimate of drug-likeness (QED) is 0.481. The predicted octanol–water partition coefficient (Wildman–Crippen LogP) is 3.43. The van der Waals surface area contributed by atoms with Gasteiger partial charge in [-0.05, 0) is 55.7 Å². The SMILES string of the molecule is CCOc1ccc([C@H]2C(C#N)=C(N)Oc3cc(C)n(CCc4ccc(O)c(O)c4)c(=O)c32)cc1. The molecule has 8 nitrogen and oxygen atoms in total.